The Balaban J connectivity index is 2.43. The van der Waals surface area contributed by atoms with Gasteiger partial charge in [0.25, 0.3) is 0 Å². The van der Waals surface area contributed by atoms with Gasteiger partial charge in [-0.15, -0.1) is 0 Å². The Kier molecular flexibility index (Phi) is 3.61. The Hall–Kier alpha value is -0.730. The zero-order valence-corrected chi connectivity index (χ0v) is 12.7. The van der Waals surface area contributed by atoms with Crippen molar-refractivity contribution in [2.45, 2.75) is 45.7 Å². The Morgan fingerprint density at radius 3 is 2.50 bits per heavy atom. The number of nitrogens with one attached hydrogen (secondary N) is 1. The molecule has 0 saturated carbocycles. The smallest absolute Gasteiger partial charge is 0.0645 e. The number of benzene rings is 1. The number of hydrogen-bond acceptors (Lipinski definition) is 2. The molecular formula is C15H23ClN2. The summed E-state index contributed by atoms with van der Waals surface area (Å²) in [6.45, 7) is 9.85. The lowest BCUT2D eigenvalue weighted by Gasteiger charge is -2.35. The molecule has 0 aliphatic carbocycles. The van der Waals surface area contributed by atoms with Crippen LogP contribution in [-0.4, -0.2) is 25.2 Å². The van der Waals surface area contributed by atoms with Gasteiger partial charge in [0.05, 0.1) is 10.7 Å². The second-order valence-corrected chi connectivity index (χ2v) is 6.43. The van der Waals surface area contributed by atoms with Gasteiger partial charge in [0.15, 0.2) is 0 Å². The molecule has 1 fully saturated rings. The van der Waals surface area contributed by atoms with Crippen LogP contribution in [0.2, 0.25) is 5.02 Å². The van der Waals surface area contributed by atoms with Crippen molar-refractivity contribution in [3.8, 4) is 0 Å². The summed E-state index contributed by atoms with van der Waals surface area (Å²) in [7, 11) is 2.04. The van der Waals surface area contributed by atoms with Gasteiger partial charge >= 0.3 is 0 Å². The molecule has 0 amide bonds. The molecule has 1 unspecified atom stereocenters. The average molecular weight is 267 g/mol. The molecule has 1 aromatic rings. The van der Waals surface area contributed by atoms with Crippen molar-refractivity contribution in [2.75, 3.05) is 18.5 Å². The third kappa shape index (κ3) is 2.36. The fourth-order valence-corrected chi connectivity index (χ4v) is 3.51. The number of anilines is 1. The molecule has 1 aliphatic heterocycles. The van der Waals surface area contributed by atoms with Gasteiger partial charge < -0.3 is 10.2 Å². The highest BCUT2D eigenvalue weighted by molar-refractivity contribution is 6.33. The maximum Gasteiger partial charge on any atom is 0.0645 e. The molecule has 1 aromatic carbocycles. The first kappa shape index (κ1) is 13.7. The van der Waals surface area contributed by atoms with E-state index in [1.54, 1.807) is 0 Å². The summed E-state index contributed by atoms with van der Waals surface area (Å²) in [4.78, 5) is 2.45. The van der Waals surface area contributed by atoms with Crippen LogP contribution >= 0.6 is 11.6 Å². The zero-order chi connectivity index (χ0) is 13.5. The minimum atomic E-state index is 0.150. The second-order valence-electron chi connectivity index (χ2n) is 6.03. The van der Waals surface area contributed by atoms with E-state index in [4.69, 9.17) is 11.6 Å². The summed E-state index contributed by atoms with van der Waals surface area (Å²) in [5, 5.41) is 4.26. The standard InChI is InChI=1S/C15H23ClN2/c1-10-6-11(2)14(13(16)7-10)18-9-12(17-5)8-15(18,3)4/h6-7,12,17H,8-9H2,1-5H3. The van der Waals surface area contributed by atoms with E-state index in [2.05, 4.69) is 50.0 Å². The fourth-order valence-electron chi connectivity index (χ4n) is 3.08. The molecule has 0 aromatic heterocycles. The van der Waals surface area contributed by atoms with Gasteiger partial charge in [-0.25, -0.2) is 0 Å². The summed E-state index contributed by atoms with van der Waals surface area (Å²) < 4.78 is 0. The lowest BCUT2D eigenvalue weighted by atomic mass is 9.99. The molecule has 3 heteroatoms. The minimum Gasteiger partial charge on any atom is -0.363 e. The summed E-state index contributed by atoms with van der Waals surface area (Å²) in [5.74, 6) is 0. The van der Waals surface area contributed by atoms with Gasteiger partial charge in [0.2, 0.25) is 0 Å². The van der Waals surface area contributed by atoms with E-state index in [0.29, 0.717) is 6.04 Å². The van der Waals surface area contributed by atoms with E-state index in [-0.39, 0.29) is 5.54 Å². The van der Waals surface area contributed by atoms with Crippen LogP contribution < -0.4 is 10.2 Å². The number of aryl methyl sites for hydroxylation is 2. The van der Waals surface area contributed by atoms with Crippen molar-refractivity contribution in [3.63, 3.8) is 0 Å². The number of nitrogens with zero attached hydrogens (tertiary/aromatic N) is 1. The third-order valence-corrected chi connectivity index (χ3v) is 4.24. The molecule has 0 bridgehead atoms. The number of halogens is 1. The van der Waals surface area contributed by atoms with Crippen molar-refractivity contribution in [2.24, 2.45) is 0 Å². The van der Waals surface area contributed by atoms with Gasteiger partial charge in [0.1, 0.15) is 0 Å². The van der Waals surface area contributed by atoms with E-state index in [1.807, 2.05) is 7.05 Å². The van der Waals surface area contributed by atoms with Crippen LogP contribution in [0.5, 0.6) is 0 Å². The zero-order valence-electron chi connectivity index (χ0n) is 12.0. The van der Waals surface area contributed by atoms with Gasteiger partial charge in [-0.1, -0.05) is 17.7 Å². The van der Waals surface area contributed by atoms with Gasteiger partial charge in [-0.3, -0.25) is 0 Å². The van der Waals surface area contributed by atoms with Crippen LogP contribution in [0, 0.1) is 13.8 Å². The Bertz CT molecular complexity index is 431. The van der Waals surface area contributed by atoms with Gasteiger partial charge in [0, 0.05) is 18.1 Å². The van der Waals surface area contributed by atoms with E-state index in [0.717, 1.165) is 18.0 Å². The van der Waals surface area contributed by atoms with E-state index >= 15 is 0 Å². The fraction of sp³-hybridized carbons (Fsp3) is 0.600. The number of hydrogen-bond donors (Lipinski definition) is 1. The van der Waals surface area contributed by atoms with E-state index in [1.165, 1.54) is 16.8 Å². The van der Waals surface area contributed by atoms with Crippen molar-refractivity contribution >= 4 is 17.3 Å². The quantitative estimate of drug-likeness (QED) is 0.881. The molecular weight excluding hydrogens is 244 g/mol. The van der Waals surface area contributed by atoms with Crippen LogP contribution in [0.15, 0.2) is 12.1 Å². The molecule has 1 heterocycles. The first-order valence-corrected chi connectivity index (χ1v) is 6.94. The van der Waals surface area contributed by atoms with Crippen LogP contribution in [0.4, 0.5) is 5.69 Å². The van der Waals surface area contributed by atoms with E-state index < -0.39 is 0 Å². The third-order valence-electron chi connectivity index (χ3n) is 3.96. The molecule has 18 heavy (non-hydrogen) atoms. The lowest BCUT2D eigenvalue weighted by Crippen LogP contribution is -2.39. The Labute approximate surface area is 115 Å². The van der Waals surface area contributed by atoms with Crippen molar-refractivity contribution in [3.05, 3.63) is 28.3 Å². The molecule has 2 nitrogen and oxygen atoms in total. The lowest BCUT2D eigenvalue weighted by molar-refractivity contribution is 0.487. The van der Waals surface area contributed by atoms with Crippen LogP contribution in [0.3, 0.4) is 0 Å². The van der Waals surface area contributed by atoms with Crippen molar-refractivity contribution < 1.29 is 0 Å². The monoisotopic (exact) mass is 266 g/mol. The second kappa shape index (κ2) is 4.75. The highest BCUT2D eigenvalue weighted by atomic mass is 35.5. The molecule has 1 aliphatic rings. The largest absolute Gasteiger partial charge is 0.363 e. The van der Waals surface area contributed by atoms with Crippen molar-refractivity contribution in [1.29, 1.82) is 0 Å². The van der Waals surface area contributed by atoms with E-state index in [9.17, 15) is 0 Å². The van der Waals surface area contributed by atoms with Crippen LogP contribution in [-0.2, 0) is 0 Å². The molecule has 1 N–H and O–H groups in total. The maximum absolute atomic E-state index is 6.47. The SMILES string of the molecule is CNC1CN(c2c(C)cc(C)cc2Cl)C(C)(C)C1. The average Bonchev–Trinajstić information content (AvgIpc) is 2.53. The topological polar surface area (TPSA) is 15.3 Å². The maximum atomic E-state index is 6.47. The van der Waals surface area contributed by atoms with Crippen LogP contribution in [0.1, 0.15) is 31.4 Å². The summed E-state index contributed by atoms with van der Waals surface area (Å²) in [6, 6.07) is 4.81. The first-order valence-electron chi connectivity index (χ1n) is 6.57. The Morgan fingerprint density at radius 2 is 2.00 bits per heavy atom. The molecule has 0 spiro atoms. The normalized spacial score (nSPS) is 22.6. The molecule has 100 valence electrons. The molecule has 1 atom stereocenters. The minimum absolute atomic E-state index is 0.150. The summed E-state index contributed by atoms with van der Waals surface area (Å²) in [6.07, 6.45) is 1.15. The number of likely N-dealkylation sites (N-methyl/N-ethyl adjacent to an activating group) is 1. The summed E-state index contributed by atoms with van der Waals surface area (Å²) >= 11 is 6.47. The first-order chi connectivity index (χ1) is 8.35. The Morgan fingerprint density at radius 1 is 1.33 bits per heavy atom. The highest BCUT2D eigenvalue weighted by Gasteiger charge is 2.39. The predicted molar refractivity (Wildman–Crippen MR) is 79.8 cm³/mol. The highest BCUT2D eigenvalue weighted by Crippen LogP contribution is 2.40. The predicted octanol–water partition coefficient (Wildman–Crippen LogP) is 3.53. The van der Waals surface area contributed by atoms with Crippen LogP contribution in [0.25, 0.3) is 0 Å². The molecule has 1 saturated heterocycles. The number of rotatable bonds is 2. The van der Waals surface area contributed by atoms with Gasteiger partial charge in [-0.05, 0) is 58.4 Å². The van der Waals surface area contributed by atoms with Crippen molar-refractivity contribution in [1.82, 2.24) is 5.32 Å². The van der Waals surface area contributed by atoms with Gasteiger partial charge in [-0.2, -0.15) is 0 Å². The molecule has 0 radical (unpaired) electrons. The molecule has 2 rings (SSSR count). The summed E-state index contributed by atoms with van der Waals surface area (Å²) in [5.41, 5.74) is 3.84.